The zero-order valence-electron chi connectivity index (χ0n) is 9.95. The summed E-state index contributed by atoms with van der Waals surface area (Å²) in [7, 11) is 2.01. The van der Waals surface area contributed by atoms with Crippen molar-refractivity contribution in [3.63, 3.8) is 0 Å². The van der Waals surface area contributed by atoms with Crippen LogP contribution >= 0.6 is 15.9 Å². The predicted molar refractivity (Wildman–Crippen MR) is 71.6 cm³/mol. The molecule has 1 fully saturated rings. The molecule has 1 amide bonds. The van der Waals surface area contributed by atoms with Crippen molar-refractivity contribution in [3.8, 4) is 0 Å². The number of hydrogen-bond donors (Lipinski definition) is 1. The van der Waals surface area contributed by atoms with Gasteiger partial charge in [0.25, 0.3) is 0 Å². The van der Waals surface area contributed by atoms with Crippen LogP contribution in [-0.4, -0.2) is 30.4 Å². The van der Waals surface area contributed by atoms with Gasteiger partial charge in [0.15, 0.2) is 0 Å². The predicted octanol–water partition coefficient (Wildman–Crippen LogP) is 2.16. The molecule has 1 saturated heterocycles. The van der Waals surface area contributed by atoms with Crippen LogP contribution in [0.1, 0.15) is 18.4 Å². The Morgan fingerprint density at radius 2 is 2.18 bits per heavy atom. The Morgan fingerprint density at radius 1 is 1.47 bits per heavy atom. The normalized spacial score (nSPS) is 20.5. The highest BCUT2D eigenvalue weighted by atomic mass is 79.9. The topological polar surface area (TPSA) is 32.3 Å². The Morgan fingerprint density at radius 3 is 2.76 bits per heavy atom. The van der Waals surface area contributed by atoms with Crippen LogP contribution in [0, 0.1) is 0 Å². The molecule has 1 N–H and O–H groups in total. The van der Waals surface area contributed by atoms with Crippen LogP contribution in [0.25, 0.3) is 0 Å². The molecule has 2 rings (SSSR count). The summed E-state index contributed by atoms with van der Waals surface area (Å²) in [5.74, 6) is 0.146. The van der Waals surface area contributed by atoms with Gasteiger partial charge in [-0.15, -0.1) is 0 Å². The lowest BCUT2D eigenvalue weighted by Gasteiger charge is -2.18. The number of likely N-dealkylation sites (N-methyl/N-ethyl adjacent to an activating group) is 1. The molecule has 1 atom stereocenters. The van der Waals surface area contributed by atoms with Gasteiger partial charge in [0.2, 0.25) is 5.91 Å². The molecule has 4 heteroatoms. The molecule has 0 spiro atoms. The van der Waals surface area contributed by atoms with Gasteiger partial charge < -0.3 is 5.32 Å². The monoisotopic (exact) mass is 296 g/mol. The number of amides is 1. The summed E-state index contributed by atoms with van der Waals surface area (Å²) in [6.07, 6.45) is 2.09. The van der Waals surface area contributed by atoms with Crippen LogP contribution in [0.4, 0.5) is 0 Å². The first kappa shape index (κ1) is 12.6. The van der Waals surface area contributed by atoms with Crippen molar-refractivity contribution in [2.75, 3.05) is 13.6 Å². The molecule has 0 radical (unpaired) electrons. The van der Waals surface area contributed by atoms with Crippen molar-refractivity contribution in [3.05, 3.63) is 34.3 Å². The van der Waals surface area contributed by atoms with E-state index in [1.54, 1.807) is 0 Å². The molecular formula is C13H17BrN2O. The molecule has 0 unspecified atom stereocenters. The second kappa shape index (κ2) is 5.65. The highest BCUT2D eigenvalue weighted by Gasteiger charge is 2.27. The number of nitrogens with one attached hydrogen (secondary N) is 1. The fourth-order valence-corrected chi connectivity index (χ4v) is 2.42. The molecule has 92 valence electrons. The summed E-state index contributed by atoms with van der Waals surface area (Å²) in [5.41, 5.74) is 1.13. The minimum absolute atomic E-state index is 0.0606. The Kier molecular flexibility index (Phi) is 4.18. The van der Waals surface area contributed by atoms with Crippen molar-refractivity contribution in [2.45, 2.75) is 25.4 Å². The largest absolute Gasteiger partial charge is 0.351 e. The molecule has 1 aliphatic rings. The van der Waals surface area contributed by atoms with Gasteiger partial charge in [0, 0.05) is 11.0 Å². The van der Waals surface area contributed by atoms with E-state index in [2.05, 4.69) is 26.1 Å². The number of halogens is 1. The van der Waals surface area contributed by atoms with Gasteiger partial charge in [0.1, 0.15) is 0 Å². The fourth-order valence-electron chi connectivity index (χ4n) is 2.15. The number of hydrogen-bond acceptors (Lipinski definition) is 2. The number of benzene rings is 1. The first-order valence-electron chi connectivity index (χ1n) is 5.89. The summed E-state index contributed by atoms with van der Waals surface area (Å²) >= 11 is 3.39. The van der Waals surface area contributed by atoms with E-state index >= 15 is 0 Å². The Labute approximate surface area is 110 Å². The minimum atomic E-state index is 0.0606. The van der Waals surface area contributed by atoms with Gasteiger partial charge in [-0.25, -0.2) is 0 Å². The van der Waals surface area contributed by atoms with E-state index in [0.29, 0.717) is 6.54 Å². The van der Waals surface area contributed by atoms with Crippen molar-refractivity contribution in [2.24, 2.45) is 0 Å². The number of rotatable bonds is 3. The van der Waals surface area contributed by atoms with Crippen LogP contribution in [0.15, 0.2) is 28.7 Å². The summed E-state index contributed by atoms with van der Waals surface area (Å²) in [5, 5.41) is 2.99. The van der Waals surface area contributed by atoms with Crippen LogP contribution in [0.2, 0.25) is 0 Å². The number of likely N-dealkylation sites (tertiary alicyclic amines) is 1. The smallest absolute Gasteiger partial charge is 0.237 e. The van der Waals surface area contributed by atoms with Crippen molar-refractivity contribution in [1.82, 2.24) is 10.2 Å². The average Bonchev–Trinajstić information content (AvgIpc) is 2.74. The lowest BCUT2D eigenvalue weighted by atomic mass is 10.2. The number of carbonyl (C=O) groups excluding carboxylic acids is 1. The lowest BCUT2D eigenvalue weighted by molar-refractivity contribution is -0.125. The maximum atomic E-state index is 11.9. The van der Waals surface area contributed by atoms with Crippen LogP contribution in [0.3, 0.4) is 0 Å². The van der Waals surface area contributed by atoms with E-state index in [-0.39, 0.29) is 11.9 Å². The van der Waals surface area contributed by atoms with Gasteiger partial charge >= 0.3 is 0 Å². The lowest BCUT2D eigenvalue weighted by Crippen LogP contribution is -2.41. The van der Waals surface area contributed by atoms with E-state index in [9.17, 15) is 4.79 Å². The molecule has 1 aromatic rings. The Bertz CT molecular complexity index is 391. The Hall–Kier alpha value is -0.870. The summed E-state index contributed by atoms with van der Waals surface area (Å²) < 4.78 is 1.06. The van der Waals surface area contributed by atoms with Crippen molar-refractivity contribution >= 4 is 21.8 Å². The summed E-state index contributed by atoms with van der Waals surface area (Å²) in [6.45, 7) is 1.63. The van der Waals surface area contributed by atoms with E-state index in [4.69, 9.17) is 0 Å². The SMILES string of the molecule is CN1CCC[C@H]1C(=O)NCc1ccc(Br)cc1. The molecule has 17 heavy (non-hydrogen) atoms. The second-order valence-electron chi connectivity index (χ2n) is 4.48. The molecule has 0 saturated carbocycles. The van der Waals surface area contributed by atoms with E-state index < -0.39 is 0 Å². The first-order valence-corrected chi connectivity index (χ1v) is 6.68. The van der Waals surface area contributed by atoms with Crippen molar-refractivity contribution < 1.29 is 4.79 Å². The quantitative estimate of drug-likeness (QED) is 0.927. The molecule has 1 heterocycles. The molecule has 0 bridgehead atoms. The van der Waals surface area contributed by atoms with Gasteiger partial charge in [-0.3, -0.25) is 9.69 Å². The molecule has 0 aromatic heterocycles. The zero-order valence-corrected chi connectivity index (χ0v) is 11.5. The minimum Gasteiger partial charge on any atom is -0.351 e. The third-order valence-electron chi connectivity index (χ3n) is 3.20. The van der Waals surface area contributed by atoms with Gasteiger partial charge in [-0.2, -0.15) is 0 Å². The molecule has 3 nitrogen and oxygen atoms in total. The van der Waals surface area contributed by atoms with Gasteiger partial charge in [0.05, 0.1) is 6.04 Å². The standard InChI is InChI=1S/C13H17BrN2O/c1-16-8-2-3-12(16)13(17)15-9-10-4-6-11(14)7-5-10/h4-7,12H,2-3,8-9H2,1H3,(H,15,17)/t12-/m0/s1. The zero-order chi connectivity index (χ0) is 12.3. The molecule has 1 aliphatic heterocycles. The van der Waals surface area contributed by atoms with Crippen molar-refractivity contribution in [1.29, 1.82) is 0 Å². The maximum Gasteiger partial charge on any atom is 0.237 e. The van der Waals surface area contributed by atoms with Crippen LogP contribution < -0.4 is 5.32 Å². The number of carbonyl (C=O) groups is 1. The van der Waals surface area contributed by atoms with Gasteiger partial charge in [-0.05, 0) is 44.1 Å². The van der Waals surface area contributed by atoms with Crippen LogP contribution in [0.5, 0.6) is 0 Å². The maximum absolute atomic E-state index is 11.9. The number of nitrogens with zero attached hydrogens (tertiary/aromatic N) is 1. The highest BCUT2D eigenvalue weighted by molar-refractivity contribution is 9.10. The van der Waals surface area contributed by atoms with E-state index in [0.717, 1.165) is 29.4 Å². The third kappa shape index (κ3) is 3.30. The first-order chi connectivity index (χ1) is 8.16. The average molecular weight is 297 g/mol. The highest BCUT2D eigenvalue weighted by Crippen LogP contribution is 2.15. The van der Waals surface area contributed by atoms with Crippen LogP contribution in [-0.2, 0) is 11.3 Å². The summed E-state index contributed by atoms with van der Waals surface area (Å²) in [4.78, 5) is 14.1. The second-order valence-corrected chi connectivity index (χ2v) is 5.40. The van der Waals surface area contributed by atoms with E-state index in [1.165, 1.54) is 0 Å². The Balaban J connectivity index is 1.85. The van der Waals surface area contributed by atoms with E-state index in [1.807, 2.05) is 31.3 Å². The molecule has 0 aliphatic carbocycles. The van der Waals surface area contributed by atoms with Gasteiger partial charge in [-0.1, -0.05) is 28.1 Å². The molecular weight excluding hydrogens is 280 g/mol. The fraction of sp³-hybridized carbons (Fsp3) is 0.462. The summed E-state index contributed by atoms with van der Waals surface area (Å²) in [6, 6.07) is 8.07. The third-order valence-corrected chi connectivity index (χ3v) is 3.73. The molecule has 1 aromatic carbocycles.